The molecule has 7 rings (SSSR count). The molecule has 1 saturated carbocycles. The summed E-state index contributed by atoms with van der Waals surface area (Å²) in [7, 11) is 0. The van der Waals surface area contributed by atoms with Gasteiger partial charge in [-0.25, -0.2) is 0 Å². The van der Waals surface area contributed by atoms with Crippen LogP contribution in [0.1, 0.15) is 28.3 Å². The Morgan fingerprint density at radius 1 is 0.848 bits per heavy atom. The third kappa shape index (κ3) is 3.03. The molecule has 164 valence electrons. The smallest absolute Gasteiger partial charge is 0.259 e. The maximum Gasteiger partial charge on any atom is 0.259 e. The molecule has 4 aromatic rings. The monoisotopic (exact) mass is 452 g/mol. The average molecular weight is 453 g/mol. The number of carbonyl (C=O) groups is 1. The third-order valence-corrected chi connectivity index (χ3v) is 8.42. The van der Waals surface area contributed by atoms with Gasteiger partial charge in [-0.3, -0.25) is 4.79 Å². The third-order valence-electron chi connectivity index (χ3n) is 8.18. The molecule has 0 spiro atoms. The molecule has 0 bridgehead atoms. The second-order valence-corrected chi connectivity index (χ2v) is 10.4. The van der Waals surface area contributed by atoms with Crippen molar-refractivity contribution in [2.45, 2.75) is 12.3 Å². The summed E-state index contributed by atoms with van der Waals surface area (Å²) in [5.41, 5.74) is 3.39. The summed E-state index contributed by atoms with van der Waals surface area (Å²) >= 11 is 6.15. The molecule has 0 aromatic heterocycles. The minimum absolute atomic E-state index is 0.151. The lowest BCUT2D eigenvalue weighted by Crippen LogP contribution is -2.36. The number of hydrogen-bond donors (Lipinski definition) is 0. The molecule has 1 aliphatic carbocycles. The van der Waals surface area contributed by atoms with Crippen LogP contribution < -0.4 is 4.90 Å². The number of carbonyl (C=O) groups excluding carboxylic acids is 1. The van der Waals surface area contributed by atoms with E-state index < -0.39 is 0 Å². The Labute approximate surface area is 198 Å². The van der Waals surface area contributed by atoms with Gasteiger partial charge >= 0.3 is 0 Å². The maximum absolute atomic E-state index is 13.1. The standard InChI is InChI=1S/C29H25ClN2O/c30-23-10-9-19-13-21(8-7-20(19)14-23)25-15-22-16-31(17-26(22)25)11-12-32-27-6-2-4-18-3-1-5-24(28(18)27)29(32)33/h1-10,13-14,22,25-26H,11-12,15-17H2. The van der Waals surface area contributed by atoms with Crippen LogP contribution in [0.3, 0.4) is 0 Å². The SMILES string of the molecule is O=C1c2cccc3cccc(c23)N1CCN1CC2CC(c3ccc4cc(Cl)ccc4c3)C2C1. The molecule has 3 aliphatic rings. The van der Waals surface area contributed by atoms with E-state index >= 15 is 0 Å². The highest BCUT2D eigenvalue weighted by molar-refractivity contribution is 6.31. The number of fused-ring (bicyclic) bond motifs is 2. The van der Waals surface area contributed by atoms with Crippen LogP contribution in [0.5, 0.6) is 0 Å². The fourth-order valence-corrected chi connectivity index (χ4v) is 6.65. The number of hydrogen-bond acceptors (Lipinski definition) is 2. The van der Waals surface area contributed by atoms with Crippen molar-refractivity contribution in [3.8, 4) is 0 Å². The van der Waals surface area contributed by atoms with Crippen LogP contribution in [0.25, 0.3) is 21.5 Å². The zero-order valence-electron chi connectivity index (χ0n) is 18.4. The first-order valence-corrected chi connectivity index (χ1v) is 12.3. The van der Waals surface area contributed by atoms with E-state index in [2.05, 4.69) is 53.4 Å². The molecule has 4 aromatic carbocycles. The van der Waals surface area contributed by atoms with Gasteiger partial charge in [0.15, 0.2) is 0 Å². The average Bonchev–Trinajstić information content (AvgIpc) is 3.28. The Morgan fingerprint density at radius 2 is 1.67 bits per heavy atom. The molecular weight excluding hydrogens is 428 g/mol. The van der Waals surface area contributed by atoms with Crippen molar-refractivity contribution in [3.05, 3.63) is 88.9 Å². The minimum Gasteiger partial charge on any atom is -0.306 e. The number of amides is 1. The first-order valence-electron chi connectivity index (χ1n) is 11.9. The lowest BCUT2D eigenvalue weighted by Gasteiger charge is -2.40. The highest BCUT2D eigenvalue weighted by Gasteiger charge is 2.47. The lowest BCUT2D eigenvalue weighted by atomic mass is 9.64. The van der Waals surface area contributed by atoms with Crippen molar-refractivity contribution in [3.63, 3.8) is 0 Å². The zero-order chi connectivity index (χ0) is 22.1. The van der Waals surface area contributed by atoms with E-state index in [1.807, 2.05) is 29.2 Å². The van der Waals surface area contributed by atoms with Gasteiger partial charge < -0.3 is 9.80 Å². The second kappa shape index (κ2) is 7.31. The van der Waals surface area contributed by atoms with Gasteiger partial charge in [0.25, 0.3) is 5.91 Å². The molecule has 33 heavy (non-hydrogen) atoms. The zero-order valence-corrected chi connectivity index (χ0v) is 19.1. The van der Waals surface area contributed by atoms with Gasteiger partial charge in [-0.2, -0.15) is 0 Å². The summed E-state index contributed by atoms with van der Waals surface area (Å²) in [5.74, 6) is 2.31. The summed E-state index contributed by atoms with van der Waals surface area (Å²) in [5, 5.41) is 5.55. The van der Waals surface area contributed by atoms with Crippen molar-refractivity contribution in [2.24, 2.45) is 11.8 Å². The van der Waals surface area contributed by atoms with Gasteiger partial charge in [-0.05, 0) is 70.2 Å². The molecule has 0 radical (unpaired) electrons. The molecule has 2 aliphatic heterocycles. The van der Waals surface area contributed by atoms with Gasteiger partial charge in [0.05, 0.1) is 5.69 Å². The molecule has 2 fully saturated rings. The molecule has 3 unspecified atom stereocenters. The van der Waals surface area contributed by atoms with E-state index in [4.69, 9.17) is 11.6 Å². The summed E-state index contributed by atoms with van der Waals surface area (Å²) in [6.45, 7) is 3.98. The van der Waals surface area contributed by atoms with Crippen molar-refractivity contribution in [1.82, 2.24) is 4.90 Å². The van der Waals surface area contributed by atoms with Crippen LogP contribution in [-0.4, -0.2) is 37.0 Å². The van der Waals surface area contributed by atoms with E-state index in [9.17, 15) is 4.79 Å². The van der Waals surface area contributed by atoms with Crippen LogP contribution in [-0.2, 0) is 0 Å². The van der Waals surface area contributed by atoms with E-state index in [1.54, 1.807) is 0 Å². The topological polar surface area (TPSA) is 23.6 Å². The van der Waals surface area contributed by atoms with Crippen LogP contribution in [0, 0.1) is 11.8 Å². The number of anilines is 1. The van der Waals surface area contributed by atoms with Gasteiger partial charge in [0.2, 0.25) is 0 Å². The van der Waals surface area contributed by atoms with Gasteiger partial charge in [0, 0.05) is 42.2 Å². The van der Waals surface area contributed by atoms with Crippen molar-refractivity contribution in [2.75, 3.05) is 31.1 Å². The van der Waals surface area contributed by atoms with Gasteiger partial charge in [-0.1, -0.05) is 60.1 Å². The molecule has 2 heterocycles. The summed E-state index contributed by atoms with van der Waals surface area (Å²) in [6.07, 6.45) is 1.27. The first-order chi connectivity index (χ1) is 16.2. The second-order valence-electron chi connectivity index (χ2n) is 9.91. The van der Waals surface area contributed by atoms with Crippen molar-refractivity contribution in [1.29, 1.82) is 0 Å². The van der Waals surface area contributed by atoms with Crippen LogP contribution in [0.2, 0.25) is 5.02 Å². The van der Waals surface area contributed by atoms with E-state index in [-0.39, 0.29) is 5.91 Å². The van der Waals surface area contributed by atoms with Crippen molar-refractivity contribution >= 4 is 44.7 Å². The largest absolute Gasteiger partial charge is 0.306 e. The Balaban J connectivity index is 1.05. The minimum atomic E-state index is 0.151. The van der Waals surface area contributed by atoms with Crippen LogP contribution in [0.4, 0.5) is 5.69 Å². The Kier molecular flexibility index (Phi) is 4.34. The highest BCUT2D eigenvalue weighted by Crippen LogP contribution is 2.51. The fraction of sp³-hybridized carbons (Fsp3) is 0.276. The summed E-state index contributed by atoms with van der Waals surface area (Å²) < 4.78 is 0. The molecule has 3 atom stereocenters. The molecular formula is C29H25ClN2O. The predicted molar refractivity (Wildman–Crippen MR) is 135 cm³/mol. The van der Waals surface area contributed by atoms with E-state index in [1.165, 1.54) is 22.8 Å². The van der Waals surface area contributed by atoms with Gasteiger partial charge in [-0.15, -0.1) is 0 Å². The normalized spacial score (nSPS) is 24.0. The number of rotatable bonds is 4. The predicted octanol–water partition coefficient (Wildman–Crippen LogP) is 6.34. The summed E-state index contributed by atoms with van der Waals surface area (Å²) in [4.78, 5) is 17.7. The number of nitrogens with zero attached hydrogens (tertiary/aromatic N) is 2. The first kappa shape index (κ1) is 19.6. The van der Waals surface area contributed by atoms with E-state index in [0.717, 1.165) is 65.1 Å². The number of benzene rings is 4. The number of likely N-dealkylation sites (tertiary alicyclic amines) is 1. The van der Waals surface area contributed by atoms with Crippen molar-refractivity contribution < 1.29 is 4.79 Å². The van der Waals surface area contributed by atoms with Crippen LogP contribution in [0.15, 0.2) is 72.8 Å². The number of halogens is 1. The lowest BCUT2D eigenvalue weighted by molar-refractivity contribution is 0.0990. The molecule has 0 N–H and O–H groups in total. The highest BCUT2D eigenvalue weighted by atomic mass is 35.5. The molecule has 1 amide bonds. The quantitative estimate of drug-likeness (QED) is 0.360. The van der Waals surface area contributed by atoms with E-state index in [0.29, 0.717) is 5.92 Å². The van der Waals surface area contributed by atoms with Crippen LogP contribution >= 0.6 is 11.6 Å². The van der Waals surface area contributed by atoms with Gasteiger partial charge in [0.1, 0.15) is 0 Å². The maximum atomic E-state index is 13.1. The summed E-state index contributed by atoms with van der Waals surface area (Å²) in [6, 6.07) is 25.3. The Morgan fingerprint density at radius 3 is 2.58 bits per heavy atom. The molecule has 3 nitrogen and oxygen atoms in total. The Bertz CT molecular complexity index is 1420. The molecule has 1 saturated heterocycles. The Hall–Kier alpha value is -2.88. The molecule has 4 heteroatoms. The fourth-order valence-electron chi connectivity index (χ4n) is 6.47.